The molecule has 5 rings (SSSR count). The summed E-state index contributed by atoms with van der Waals surface area (Å²) in [7, 11) is -3.67. The third kappa shape index (κ3) is 7.33. The molecule has 0 saturated carbocycles. The molecule has 0 aliphatic carbocycles. The fourth-order valence-corrected chi connectivity index (χ4v) is 6.05. The molecular formula is C28H36N2O5S2. The number of ether oxygens (including phenoxy) is 1. The second-order valence-electron chi connectivity index (χ2n) is 10.1. The van der Waals surface area contributed by atoms with Crippen LogP contribution in [0.15, 0.2) is 47.8 Å². The van der Waals surface area contributed by atoms with Crippen LogP contribution in [0.1, 0.15) is 42.5 Å². The monoisotopic (exact) mass is 544 g/mol. The smallest absolute Gasteiger partial charge is 0.261 e. The number of thiophene rings is 1. The molecule has 3 N–H and O–H groups in total. The molecule has 2 unspecified atom stereocenters. The third-order valence-corrected chi connectivity index (χ3v) is 7.99. The summed E-state index contributed by atoms with van der Waals surface area (Å²) in [5.41, 5.74) is 5.03. The van der Waals surface area contributed by atoms with E-state index < -0.39 is 16.2 Å². The van der Waals surface area contributed by atoms with E-state index >= 15 is 0 Å². The van der Waals surface area contributed by atoms with Gasteiger partial charge in [-0.1, -0.05) is 12.1 Å². The maximum absolute atomic E-state index is 10.7. The summed E-state index contributed by atoms with van der Waals surface area (Å²) in [6.45, 7) is 8.51. The molecule has 9 heteroatoms. The summed E-state index contributed by atoms with van der Waals surface area (Å²) in [4.78, 5) is 5.75. The largest absolute Gasteiger partial charge is 0.490 e. The Morgan fingerprint density at radius 1 is 1.19 bits per heavy atom. The molecule has 2 aromatic heterocycles. The standard InChI is InChI=1S/C27H32N2O2S.CH4O3S/c1-17-16-32-27-8-7-20(13-23(17)27)21-9-10-29(19(3)12-21)14-22(30)15-31-26-6-4-5-25-24(26)11-18(2)28-25;1-5(2,3)4/h4-8,11,13,16,19,21-22,28,30H,9-10,12,14-15H2,1-3H3;1H3,(H,2,3,4)/t19?,21?,22-;/m0./s1. The number of nitrogens with one attached hydrogen (secondary N) is 1. The van der Waals surface area contributed by atoms with Crippen molar-refractivity contribution in [2.45, 2.75) is 51.7 Å². The number of aliphatic hydroxyl groups is 1. The molecule has 1 fully saturated rings. The Morgan fingerprint density at radius 3 is 2.68 bits per heavy atom. The highest BCUT2D eigenvalue weighted by Crippen LogP contribution is 2.35. The zero-order valence-electron chi connectivity index (χ0n) is 21.8. The van der Waals surface area contributed by atoms with Crippen LogP contribution in [-0.2, 0) is 10.1 Å². The van der Waals surface area contributed by atoms with Crippen molar-refractivity contribution in [2.24, 2.45) is 0 Å². The number of rotatable bonds is 6. The molecule has 3 heterocycles. The van der Waals surface area contributed by atoms with Crippen LogP contribution >= 0.6 is 11.3 Å². The maximum Gasteiger partial charge on any atom is 0.261 e. The van der Waals surface area contributed by atoms with Gasteiger partial charge in [-0.05, 0) is 98.3 Å². The SMILES string of the molecule is CS(=O)(=O)O.Cc1cc2c(OC[C@@H](O)CN3CCC(c4ccc5scc(C)c5c4)CC3C)cccc2[nH]1. The summed E-state index contributed by atoms with van der Waals surface area (Å²) >= 11 is 1.83. The molecular weight excluding hydrogens is 508 g/mol. The van der Waals surface area contributed by atoms with Gasteiger partial charge in [0, 0.05) is 33.9 Å². The summed E-state index contributed by atoms with van der Waals surface area (Å²) in [5, 5.41) is 15.4. The molecule has 4 aromatic rings. The second-order valence-corrected chi connectivity index (χ2v) is 12.5. The Morgan fingerprint density at radius 2 is 1.95 bits per heavy atom. The van der Waals surface area contributed by atoms with Crippen molar-refractivity contribution in [3.05, 3.63) is 64.7 Å². The topological polar surface area (TPSA) is 103 Å². The van der Waals surface area contributed by atoms with Crippen molar-refractivity contribution in [2.75, 3.05) is 26.0 Å². The highest BCUT2D eigenvalue weighted by atomic mass is 32.2. The van der Waals surface area contributed by atoms with E-state index in [0.29, 0.717) is 31.4 Å². The van der Waals surface area contributed by atoms with Gasteiger partial charge in [0.1, 0.15) is 18.5 Å². The van der Waals surface area contributed by atoms with Crippen molar-refractivity contribution in [3.8, 4) is 5.75 Å². The van der Waals surface area contributed by atoms with E-state index in [1.54, 1.807) is 0 Å². The molecule has 0 bridgehead atoms. The van der Waals surface area contributed by atoms with Gasteiger partial charge in [-0.2, -0.15) is 8.42 Å². The van der Waals surface area contributed by atoms with Crippen LogP contribution in [0.3, 0.4) is 0 Å². The summed E-state index contributed by atoms with van der Waals surface area (Å²) < 4.78 is 33.3. The lowest BCUT2D eigenvalue weighted by atomic mass is 9.85. The minimum Gasteiger partial charge on any atom is -0.490 e. The van der Waals surface area contributed by atoms with Crippen molar-refractivity contribution in [1.29, 1.82) is 0 Å². The van der Waals surface area contributed by atoms with Crippen LogP contribution in [0, 0.1) is 13.8 Å². The zero-order chi connectivity index (χ0) is 26.7. The Hall–Kier alpha value is -2.43. The van der Waals surface area contributed by atoms with Gasteiger partial charge < -0.3 is 14.8 Å². The summed E-state index contributed by atoms with van der Waals surface area (Å²) in [6.07, 6.45) is 2.47. The quantitative estimate of drug-likeness (QED) is 0.277. The van der Waals surface area contributed by atoms with Gasteiger partial charge in [0.2, 0.25) is 0 Å². The van der Waals surface area contributed by atoms with E-state index in [-0.39, 0.29) is 0 Å². The number of aromatic nitrogens is 1. The Labute approximate surface area is 222 Å². The number of aryl methyl sites for hydroxylation is 2. The molecule has 1 saturated heterocycles. The van der Waals surface area contributed by atoms with Crippen LogP contribution in [0.4, 0.5) is 0 Å². The highest BCUT2D eigenvalue weighted by molar-refractivity contribution is 7.85. The Balaban J connectivity index is 0.000000586. The van der Waals surface area contributed by atoms with E-state index in [0.717, 1.165) is 41.7 Å². The lowest BCUT2D eigenvalue weighted by Crippen LogP contribution is -2.45. The Bertz CT molecular complexity index is 1450. The first-order valence-corrected chi connectivity index (χ1v) is 15.2. The molecule has 37 heavy (non-hydrogen) atoms. The number of aromatic amines is 1. The number of hydrogen-bond donors (Lipinski definition) is 3. The summed E-state index contributed by atoms with van der Waals surface area (Å²) in [6, 6.07) is 15.6. The average Bonchev–Trinajstić information content (AvgIpc) is 3.39. The van der Waals surface area contributed by atoms with E-state index in [9.17, 15) is 13.5 Å². The Kier molecular flexibility index (Phi) is 8.60. The van der Waals surface area contributed by atoms with Crippen LogP contribution in [0.5, 0.6) is 5.75 Å². The van der Waals surface area contributed by atoms with E-state index in [1.165, 1.54) is 21.2 Å². The first kappa shape index (κ1) is 27.6. The van der Waals surface area contributed by atoms with E-state index in [1.807, 2.05) is 30.4 Å². The highest BCUT2D eigenvalue weighted by Gasteiger charge is 2.28. The third-order valence-electron chi connectivity index (χ3n) is 6.91. The molecule has 7 nitrogen and oxygen atoms in total. The second kappa shape index (κ2) is 11.5. The number of piperidine rings is 1. The fraction of sp³-hybridized carbons (Fsp3) is 0.429. The van der Waals surface area contributed by atoms with Gasteiger partial charge in [-0.3, -0.25) is 9.45 Å². The average molecular weight is 545 g/mol. The van der Waals surface area contributed by atoms with Gasteiger partial charge in [0.05, 0.1) is 6.26 Å². The number of aliphatic hydroxyl groups excluding tert-OH is 1. The minimum absolute atomic E-state index is 0.310. The lowest BCUT2D eigenvalue weighted by Gasteiger charge is -2.38. The van der Waals surface area contributed by atoms with Gasteiger partial charge in [-0.25, -0.2) is 0 Å². The molecule has 3 atom stereocenters. The number of fused-ring (bicyclic) bond motifs is 2. The molecule has 0 radical (unpaired) electrons. The van der Waals surface area contributed by atoms with E-state index in [4.69, 9.17) is 9.29 Å². The van der Waals surface area contributed by atoms with Crippen LogP contribution in [0.25, 0.3) is 21.0 Å². The number of nitrogens with zero attached hydrogens (tertiary/aromatic N) is 1. The number of hydrogen-bond acceptors (Lipinski definition) is 6. The number of β-amino-alcohol motifs (C(OH)–C–C–N with tert-alkyl or cyclic N) is 1. The van der Waals surface area contributed by atoms with E-state index in [2.05, 4.69) is 59.4 Å². The predicted molar refractivity (Wildman–Crippen MR) is 152 cm³/mol. The number of H-pyrrole nitrogens is 1. The van der Waals surface area contributed by atoms with Crippen LogP contribution < -0.4 is 4.74 Å². The number of likely N-dealkylation sites (tertiary alicyclic amines) is 1. The lowest BCUT2D eigenvalue weighted by molar-refractivity contribution is 0.0406. The van der Waals surface area contributed by atoms with Crippen LogP contribution in [0.2, 0.25) is 0 Å². The van der Waals surface area contributed by atoms with Crippen molar-refractivity contribution in [1.82, 2.24) is 9.88 Å². The van der Waals surface area contributed by atoms with Crippen molar-refractivity contribution >= 4 is 42.4 Å². The first-order valence-electron chi connectivity index (χ1n) is 12.5. The van der Waals surface area contributed by atoms with Crippen LogP contribution in [-0.4, -0.2) is 66.1 Å². The normalized spacial score (nSPS) is 19.5. The molecule has 1 aliphatic rings. The van der Waals surface area contributed by atoms with Gasteiger partial charge in [0.15, 0.2) is 0 Å². The molecule has 0 amide bonds. The molecule has 2 aromatic carbocycles. The van der Waals surface area contributed by atoms with Gasteiger partial charge in [-0.15, -0.1) is 11.3 Å². The first-order chi connectivity index (χ1) is 17.5. The van der Waals surface area contributed by atoms with Gasteiger partial charge >= 0.3 is 0 Å². The van der Waals surface area contributed by atoms with Crippen molar-refractivity contribution in [3.63, 3.8) is 0 Å². The fourth-order valence-electron chi connectivity index (χ4n) is 5.12. The molecule has 0 spiro atoms. The molecule has 1 aliphatic heterocycles. The predicted octanol–water partition coefficient (Wildman–Crippen LogP) is 5.51. The molecule has 200 valence electrons. The number of benzene rings is 2. The van der Waals surface area contributed by atoms with Gasteiger partial charge in [0.25, 0.3) is 10.1 Å². The maximum atomic E-state index is 10.7. The van der Waals surface area contributed by atoms with Crippen molar-refractivity contribution < 1.29 is 22.8 Å². The minimum atomic E-state index is -3.67. The summed E-state index contributed by atoms with van der Waals surface area (Å²) in [5.74, 6) is 1.42. The zero-order valence-corrected chi connectivity index (χ0v) is 23.4.